The summed E-state index contributed by atoms with van der Waals surface area (Å²) >= 11 is 0. The molecule has 0 saturated heterocycles. The molecule has 0 aliphatic heterocycles. The van der Waals surface area contributed by atoms with Crippen molar-refractivity contribution in [2.45, 2.75) is 92.9 Å². The van der Waals surface area contributed by atoms with Crippen molar-refractivity contribution in [2.75, 3.05) is 4.90 Å². The third-order valence-corrected chi connectivity index (χ3v) is 16.8. The Kier molecular flexibility index (Phi) is 12.8. The summed E-state index contributed by atoms with van der Waals surface area (Å²) in [4.78, 5) is 2.42. The molecule has 10 aromatic carbocycles. The highest BCUT2D eigenvalue weighted by Crippen LogP contribution is 2.51. The molecular weight excluding hydrogens is 941 g/mol. The standard InChI is InChI=1S/C76H72N2/c1-50(2)51-28-36-63(37-29-51)78-72-44-34-59(56-22-20-53(21-23-56)54-24-26-58(27-25-54)71(75(6,7)8)49-74(3,4)5)46-67(72)68-47-60(35-45-73(68)78)57-32-40-62(41-33-57)77(61-38-30-55(31-39-61)52-16-12-11-13-17-52)64-42-43-66-65-18-14-15-19-69(65)76(9,10)70(66)48-64/h11-48,50,71H,49H2,1-10H3. The van der Waals surface area contributed by atoms with Gasteiger partial charge in [-0.25, -0.2) is 0 Å². The molecule has 78 heavy (non-hydrogen) atoms. The smallest absolute Gasteiger partial charge is 0.0541 e. The fourth-order valence-electron chi connectivity index (χ4n) is 12.5. The highest BCUT2D eigenvalue weighted by Gasteiger charge is 2.36. The number of benzene rings is 10. The number of rotatable bonds is 11. The highest BCUT2D eigenvalue weighted by atomic mass is 15.1. The fourth-order valence-corrected chi connectivity index (χ4v) is 12.5. The second-order valence-corrected chi connectivity index (χ2v) is 25.1. The van der Waals surface area contributed by atoms with Crippen molar-refractivity contribution in [2.24, 2.45) is 10.8 Å². The number of hydrogen-bond donors (Lipinski definition) is 0. The van der Waals surface area contributed by atoms with Gasteiger partial charge < -0.3 is 9.47 Å². The first kappa shape index (κ1) is 50.6. The molecule has 1 aliphatic rings. The van der Waals surface area contributed by atoms with Crippen LogP contribution in [0.25, 0.3) is 83.1 Å². The minimum absolute atomic E-state index is 0.116. The molecule has 0 bridgehead atoms. The van der Waals surface area contributed by atoms with Gasteiger partial charge >= 0.3 is 0 Å². The molecule has 0 N–H and O–H groups in total. The Labute approximate surface area is 463 Å². The van der Waals surface area contributed by atoms with Crippen molar-refractivity contribution in [1.82, 2.24) is 4.57 Å². The number of nitrogens with zero attached hydrogens (tertiary/aromatic N) is 2. The van der Waals surface area contributed by atoms with Crippen LogP contribution >= 0.6 is 0 Å². The lowest BCUT2D eigenvalue weighted by Gasteiger charge is -2.36. The van der Waals surface area contributed by atoms with Gasteiger partial charge in [-0.15, -0.1) is 0 Å². The molecule has 386 valence electrons. The zero-order chi connectivity index (χ0) is 54.1. The summed E-state index contributed by atoms with van der Waals surface area (Å²) < 4.78 is 2.45. The van der Waals surface area contributed by atoms with E-state index in [1.807, 2.05) is 0 Å². The monoisotopic (exact) mass is 1010 g/mol. The van der Waals surface area contributed by atoms with E-state index in [2.05, 4.69) is 309 Å². The van der Waals surface area contributed by atoms with Crippen molar-refractivity contribution in [1.29, 1.82) is 0 Å². The normalized spacial score (nSPS) is 13.5. The van der Waals surface area contributed by atoms with E-state index >= 15 is 0 Å². The van der Waals surface area contributed by atoms with E-state index in [1.54, 1.807) is 0 Å². The molecule has 12 rings (SSSR count). The molecule has 1 aromatic heterocycles. The van der Waals surface area contributed by atoms with E-state index in [-0.39, 0.29) is 16.2 Å². The van der Waals surface area contributed by atoms with Crippen molar-refractivity contribution in [3.63, 3.8) is 0 Å². The highest BCUT2D eigenvalue weighted by molar-refractivity contribution is 6.11. The van der Waals surface area contributed by atoms with Crippen molar-refractivity contribution in [3.05, 3.63) is 253 Å². The predicted octanol–water partition coefficient (Wildman–Crippen LogP) is 21.9. The summed E-state index contributed by atoms with van der Waals surface area (Å²) in [5.41, 5.74) is 25.1. The van der Waals surface area contributed by atoms with Gasteiger partial charge in [0.15, 0.2) is 0 Å². The van der Waals surface area contributed by atoms with Crippen LogP contribution in [0.5, 0.6) is 0 Å². The average molecular weight is 1010 g/mol. The Morgan fingerprint density at radius 2 is 0.821 bits per heavy atom. The topological polar surface area (TPSA) is 8.17 Å². The van der Waals surface area contributed by atoms with E-state index in [1.165, 1.54) is 105 Å². The van der Waals surface area contributed by atoms with Crippen molar-refractivity contribution in [3.8, 4) is 61.3 Å². The Balaban J connectivity index is 0.909. The third-order valence-electron chi connectivity index (χ3n) is 16.8. The number of fused-ring (bicyclic) bond motifs is 6. The molecule has 1 unspecified atom stereocenters. The van der Waals surface area contributed by atoms with Crippen molar-refractivity contribution < 1.29 is 0 Å². The SMILES string of the molecule is CC(C)c1ccc(-n2c3ccc(-c4ccc(-c5ccc(C(CC(C)(C)C)C(C)(C)C)cc5)cc4)cc3c3cc(-c4ccc(N(c5ccc(-c6ccccc6)cc5)c5ccc6c(c5)C(C)(C)c5ccccc5-6)cc4)ccc32)cc1. The maximum atomic E-state index is 2.45. The van der Waals surface area contributed by atoms with E-state index < -0.39 is 0 Å². The molecular formula is C76H72N2. The molecule has 1 heterocycles. The number of aromatic nitrogens is 1. The van der Waals surface area contributed by atoms with E-state index in [9.17, 15) is 0 Å². The molecule has 0 amide bonds. The van der Waals surface area contributed by atoms with Gasteiger partial charge in [-0.05, 0) is 180 Å². The Bertz CT molecular complexity index is 3950. The lowest BCUT2D eigenvalue weighted by molar-refractivity contribution is 0.229. The minimum atomic E-state index is -0.116. The first-order valence-electron chi connectivity index (χ1n) is 28.2. The Morgan fingerprint density at radius 1 is 0.397 bits per heavy atom. The summed E-state index contributed by atoms with van der Waals surface area (Å²) in [6.07, 6.45) is 1.16. The summed E-state index contributed by atoms with van der Waals surface area (Å²) in [6, 6.07) is 86.6. The summed E-state index contributed by atoms with van der Waals surface area (Å²) in [7, 11) is 0. The molecule has 1 aliphatic carbocycles. The predicted molar refractivity (Wildman–Crippen MR) is 335 cm³/mol. The number of hydrogen-bond acceptors (Lipinski definition) is 1. The van der Waals surface area contributed by atoms with Gasteiger partial charge in [-0.3, -0.25) is 0 Å². The second-order valence-electron chi connectivity index (χ2n) is 25.1. The summed E-state index contributed by atoms with van der Waals surface area (Å²) in [5.74, 6) is 0.954. The lowest BCUT2D eigenvalue weighted by atomic mass is 9.69. The first-order chi connectivity index (χ1) is 37.5. The molecule has 2 nitrogen and oxygen atoms in total. The Hall–Kier alpha value is -8.20. The average Bonchev–Trinajstić information content (AvgIpc) is 4.14. The third kappa shape index (κ3) is 9.46. The van der Waals surface area contributed by atoms with Gasteiger partial charge in [-0.2, -0.15) is 0 Å². The second kappa shape index (κ2) is 19.7. The van der Waals surface area contributed by atoms with Gasteiger partial charge in [0.05, 0.1) is 11.0 Å². The van der Waals surface area contributed by atoms with E-state index in [0.29, 0.717) is 11.8 Å². The molecule has 0 fully saturated rings. The van der Waals surface area contributed by atoms with Crippen LogP contribution in [0.2, 0.25) is 0 Å². The van der Waals surface area contributed by atoms with Crippen LogP contribution in [0, 0.1) is 10.8 Å². The molecule has 2 heteroatoms. The van der Waals surface area contributed by atoms with Crippen LogP contribution in [-0.4, -0.2) is 4.57 Å². The largest absolute Gasteiger partial charge is 0.310 e. The summed E-state index contributed by atoms with van der Waals surface area (Å²) in [5, 5.41) is 2.48. The first-order valence-corrected chi connectivity index (χ1v) is 28.2. The number of anilines is 3. The molecule has 1 atom stereocenters. The van der Waals surface area contributed by atoms with Crippen LogP contribution in [0.1, 0.15) is 110 Å². The molecule has 11 aromatic rings. The van der Waals surface area contributed by atoms with Crippen LogP contribution < -0.4 is 4.90 Å². The maximum absolute atomic E-state index is 2.45. The molecule has 0 radical (unpaired) electrons. The zero-order valence-electron chi connectivity index (χ0n) is 47.2. The molecule has 0 spiro atoms. The Morgan fingerprint density at radius 3 is 1.33 bits per heavy atom. The van der Waals surface area contributed by atoms with Crippen LogP contribution in [0.15, 0.2) is 231 Å². The summed E-state index contributed by atoms with van der Waals surface area (Å²) in [6.45, 7) is 23.5. The fraction of sp³-hybridized carbons (Fsp3) is 0.211. The quantitative estimate of drug-likeness (QED) is 0.125. The van der Waals surface area contributed by atoms with Gasteiger partial charge in [0.25, 0.3) is 0 Å². The van der Waals surface area contributed by atoms with Crippen LogP contribution in [-0.2, 0) is 5.41 Å². The van der Waals surface area contributed by atoms with Gasteiger partial charge in [-0.1, -0.05) is 227 Å². The van der Waals surface area contributed by atoms with E-state index in [0.717, 1.165) is 23.5 Å². The molecule has 0 saturated carbocycles. The van der Waals surface area contributed by atoms with E-state index in [4.69, 9.17) is 0 Å². The minimum Gasteiger partial charge on any atom is -0.310 e. The van der Waals surface area contributed by atoms with Crippen LogP contribution in [0.4, 0.5) is 17.1 Å². The van der Waals surface area contributed by atoms with Crippen molar-refractivity contribution >= 4 is 38.9 Å². The van der Waals surface area contributed by atoms with Crippen LogP contribution in [0.3, 0.4) is 0 Å². The van der Waals surface area contributed by atoms with Gasteiger partial charge in [0, 0.05) is 38.9 Å². The van der Waals surface area contributed by atoms with Gasteiger partial charge in [0.2, 0.25) is 0 Å². The van der Waals surface area contributed by atoms with Gasteiger partial charge in [0.1, 0.15) is 0 Å². The maximum Gasteiger partial charge on any atom is 0.0541 e. The lowest BCUT2D eigenvalue weighted by Crippen LogP contribution is -2.23. The zero-order valence-corrected chi connectivity index (χ0v) is 47.2.